The predicted octanol–water partition coefficient (Wildman–Crippen LogP) is 2.12. The minimum atomic E-state index is -1.35. The highest BCUT2D eigenvalue weighted by atomic mass is 16.4. The summed E-state index contributed by atoms with van der Waals surface area (Å²) in [4.78, 5) is 0. The van der Waals surface area contributed by atoms with Gasteiger partial charge in [0.05, 0.1) is 0 Å². The fourth-order valence-corrected chi connectivity index (χ4v) is 2.81. The summed E-state index contributed by atoms with van der Waals surface area (Å²) in [6.45, 7) is 2.01. The van der Waals surface area contributed by atoms with Crippen molar-refractivity contribution in [2.45, 2.75) is 12.7 Å². The van der Waals surface area contributed by atoms with Gasteiger partial charge in [-0.15, -0.1) is 0 Å². The van der Waals surface area contributed by atoms with Crippen LogP contribution in [0.1, 0.15) is 22.5 Å². The first kappa shape index (κ1) is 10.6. The third-order valence-corrected chi connectivity index (χ3v) is 3.52. The van der Waals surface area contributed by atoms with E-state index < -0.39 is 7.12 Å². The van der Waals surface area contributed by atoms with Gasteiger partial charge in [0.15, 0.2) is 0 Å². The van der Waals surface area contributed by atoms with Crippen LogP contribution in [0.5, 0.6) is 0 Å². The molecule has 0 radical (unpaired) electrons. The fraction of sp³-hybridized carbons (Fsp3) is 0.143. The Balaban J connectivity index is 2.34. The van der Waals surface area contributed by atoms with Crippen LogP contribution >= 0.6 is 0 Å². The van der Waals surface area contributed by atoms with Crippen molar-refractivity contribution in [3.05, 3.63) is 59.2 Å². The summed E-state index contributed by atoms with van der Waals surface area (Å²) in [7, 11) is -1.35. The normalized spacial score (nSPS) is 16.5. The molecule has 0 spiro atoms. The molecule has 0 fully saturated rings. The van der Waals surface area contributed by atoms with Crippen LogP contribution in [0.15, 0.2) is 42.5 Å². The average molecular weight is 224 g/mol. The molecule has 1 aliphatic rings. The minimum Gasteiger partial charge on any atom is -0.426 e. The Hall–Kier alpha value is -1.58. The zero-order valence-electron chi connectivity index (χ0n) is 9.59. The van der Waals surface area contributed by atoms with Gasteiger partial charge in [0.1, 0.15) is 0 Å². The first-order valence-corrected chi connectivity index (χ1v) is 5.75. The van der Waals surface area contributed by atoms with Crippen molar-refractivity contribution in [3.8, 4) is 11.1 Å². The van der Waals surface area contributed by atoms with Crippen LogP contribution in [0.3, 0.4) is 0 Å². The van der Waals surface area contributed by atoms with Gasteiger partial charge >= 0.3 is 7.12 Å². The molecule has 2 aromatic carbocycles. The van der Waals surface area contributed by atoms with E-state index in [2.05, 4.69) is 0 Å². The Kier molecular flexibility index (Phi) is 2.32. The Morgan fingerprint density at radius 2 is 1.65 bits per heavy atom. The van der Waals surface area contributed by atoms with E-state index in [-0.39, 0.29) is 5.82 Å². The zero-order chi connectivity index (χ0) is 12.0. The minimum absolute atomic E-state index is 0.317. The summed E-state index contributed by atoms with van der Waals surface area (Å²) in [6, 6.07) is 14.0. The first-order valence-electron chi connectivity index (χ1n) is 5.75. The van der Waals surface area contributed by atoms with Crippen molar-refractivity contribution in [1.82, 2.24) is 0 Å². The topological polar surface area (TPSA) is 40.5 Å². The second-order valence-electron chi connectivity index (χ2n) is 4.51. The van der Waals surface area contributed by atoms with Crippen molar-refractivity contribution < 1.29 is 10.0 Å². The van der Waals surface area contributed by atoms with E-state index in [0.29, 0.717) is 0 Å². The standard InChI is InChI=1S/C14H13BO2/c1-9-5-4-8-11-10-6-2-3-7-12(10)14(13(9)11)15(16)17/h2-8,14,16-17H,1H3. The summed E-state index contributed by atoms with van der Waals surface area (Å²) in [5.41, 5.74) is 5.40. The highest BCUT2D eigenvalue weighted by molar-refractivity contribution is 6.45. The number of aryl methyl sites for hydroxylation is 1. The number of rotatable bonds is 1. The van der Waals surface area contributed by atoms with Crippen LogP contribution in [0, 0.1) is 6.92 Å². The second-order valence-corrected chi connectivity index (χ2v) is 4.51. The maximum absolute atomic E-state index is 9.63. The summed E-state index contributed by atoms with van der Waals surface area (Å²) in [5.74, 6) is -0.317. The molecule has 0 saturated carbocycles. The molecule has 84 valence electrons. The van der Waals surface area contributed by atoms with Gasteiger partial charge in [-0.3, -0.25) is 0 Å². The molecule has 2 aromatic rings. The molecule has 0 bridgehead atoms. The monoisotopic (exact) mass is 224 g/mol. The van der Waals surface area contributed by atoms with Gasteiger partial charge < -0.3 is 10.0 Å². The summed E-state index contributed by atoms with van der Waals surface area (Å²) < 4.78 is 0. The number of hydrogen-bond donors (Lipinski definition) is 2. The lowest BCUT2D eigenvalue weighted by Crippen LogP contribution is -2.23. The van der Waals surface area contributed by atoms with Crippen molar-refractivity contribution >= 4 is 7.12 Å². The number of hydrogen-bond acceptors (Lipinski definition) is 2. The van der Waals surface area contributed by atoms with Gasteiger partial charge in [0, 0.05) is 5.82 Å². The van der Waals surface area contributed by atoms with E-state index in [9.17, 15) is 10.0 Å². The van der Waals surface area contributed by atoms with Crippen molar-refractivity contribution in [2.24, 2.45) is 0 Å². The van der Waals surface area contributed by atoms with Crippen molar-refractivity contribution in [3.63, 3.8) is 0 Å². The zero-order valence-corrected chi connectivity index (χ0v) is 9.59. The highest BCUT2D eigenvalue weighted by Gasteiger charge is 2.37. The summed E-state index contributed by atoms with van der Waals surface area (Å²) >= 11 is 0. The largest absolute Gasteiger partial charge is 0.464 e. The van der Waals surface area contributed by atoms with E-state index in [1.165, 1.54) is 0 Å². The van der Waals surface area contributed by atoms with E-state index in [1.54, 1.807) is 0 Å². The lowest BCUT2D eigenvalue weighted by molar-refractivity contribution is 0.396. The molecular weight excluding hydrogens is 211 g/mol. The van der Waals surface area contributed by atoms with Crippen LogP contribution < -0.4 is 0 Å². The maximum atomic E-state index is 9.63. The second kappa shape index (κ2) is 3.72. The van der Waals surface area contributed by atoms with Crippen LogP contribution in [0.4, 0.5) is 0 Å². The van der Waals surface area contributed by atoms with Gasteiger partial charge in [-0.2, -0.15) is 0 Å². The van der Waals surface area contributed by atoms with E-state index in [4.69, 9.17) is 0 Å². The van der Waals surface area contributed by atoms with Gasteiger partial charge in [0.2, 0.25) is 0 Å². The molecule has 1 aliphatic carbocycles. The molecule has 0 aromatic heterocycles. The van der Waals surface area contributed by atoms with E-state index in [1.807, 2.05) is 49.4 Å². The molecule has 3 rings (SSSR count). The van der Waals surface area contributed by atoms with Gasteiger partial charge in [0.25, 0.3) is 0 Å². The number of fused-ring (bicyclic) bond motifs is 3. The molecule has 0 aliphatic heterocycles. The van der Waals surface area contributed by atoms with Crippen LogP contribution in [-0.4, -0.2) is 17.2 Å². The molecule has 0 saturated heterocycles. The van der Waals surface area contributed by atoms with Crippen LogP contribution in [-0.2, 0) is 0 Å². The number of benzene rings is 2. The Morgan fingerprint density at radius 1 is 0.941 bits per heavy atom. The quantitative estimate of drug-likeness (QED) is 0.728. The highest BCUT2D eigenvalue weighted by Crippen LogP contribution is 2.46. The smallest absolute Gasteiger partial charge is 0.426 e. The van der Waals surface area contributed by atoms with Crippen LogP contribution in [0.2, 0.25) is 0 Å². The average Bonchev–Trinajstić information content (AvgIpc) is 2.65. The Labute approximate surface area is 101 Å². The summed E-state index contributed by atoms with van der Waals surface area (Å²) in [6.07, 6.45) is 0. The molecule has 17 heavy (non-hydrogen) atoms. The van der Waals surface area contributed by atoms with Crippen LogP contribution in [0.25, 0.3) is 11.1 Å². The third-order valence-electron chi connectivity index (χ3n) is 3.52. The first-order chi connectivity index (χ1) is 8.20. The SMILES string of the molecule is Cc1cccc2c1C(B(O)O)c1ccccc1-2. The van der Waals surface area contributed by atoms with Gasteiger partial charge in [-0.05, 0) is 34.7 Å². The molecular formula is C14H13BO2. The summed E-state index contributed by atoms with van der Waals surface area (Å²) in [5, 5.41) is 19.3. The fourth-order valence-electron chi connectivity index (χ4n) is 2.81. The van der Waals surface area contributed by atoms with E-state index in [0.717, 1.165) is 27.8 Å². The molecule has 0 heterocycles. The van der Waals surface area contributed by atoms with E-state index >= 15 is 0 Å². The predicted molar refractivity (Wildman–Crippen MR) is 68.6 cm³/mol. The molecule has 2 N–H and O–H groups in total. The molecule has 2 nitrogen and oxygen atoms in total. The Morgan fingerprint density at radius 3 is 2.41 bits per heavy atom. The van der Waals surface area contributed by atoms with Gasteiger partial charge in [-0.1, -0.05) is 42.5 Å². The maximum Gasteiger partial charge on any atom is 0.464 e. The molecule has 1 atom stereocenters. The van der Waals surface area contributed by atoms with Gasteiger partial charge in [-0.25, -0.2) is 0 Å². The van der Waals surface area contributed by atoms with Crippen molar-refractivity contribution in [2.75, 3.05) is 0 Å². The third kappa shape index (κ3) is 1.43. The Bertz CT molecular complexity index is 578. The molecule has 1 unspecified atom stereocenters. The molecule has 0 amide bonds. The lowest BCUT2D eigenvalue weighted by Gasteiger charge is -2.13. The lowest BCUT2D eigenvalue weighted by atomic mass is 9.66. The molecule has 3 heteroatoms. The van der Waals surface area contributed by atoms with Crippen molar-refractivity contribution in [1.29, 1.82) is 0 Å².